The van der Waals surface area contributed by atoms with Crippen molar-refractivity contribution in [3.05, 3.63) is 121 Å². The average molecular weight is 724 g/mol. The molecule has 5 heteroatoms. The molecule has 4 aromatic carbocycles. The van der Waals surface area contributed by atoms with Gasteiger partial charge in [0.1, 0.15) is 0 Å². The van der Waals surface area contributed by atoms with Crippen LogP contribution in [0.4, 0.5) is 8.78 Å². The number of rotatable bonds is 11. The van der Waals surface area contributed by atoms with E-state index in [0.29, 0.717) is 5.56 Å². The molecular weight excluding hydrogens is 691 g/mol. The Hall–Kier alpha value is -3.53. The topological polar surface area (TPSA) is 25.8 Å². The summed E-state index contributed by atoms with van der Waals surface area (Å²) < 4.78 is 31.4. The van der Waals surface area contributed by atoms with Crippen LogP contribution in [0.3, 0.4) is 0 Å². The Labute approximate surface area is 255 Å². The van der Waals surface area contributed by atoms with Gasteiger partial charge in [-0.05, 0) is 70.0 Å². The molecule has 0 amide bonds. The molecule has 0 N–H and O–H groups in total. The Morgan fingerprint density at radius 1 is 0.659 bits per heavy atom. The fourth-order valence-electron chi connectivity index (χ4n) is 5.02. The fourth-order valence-corrected chi connectivity index (χ4v) is 5.02. The molecule has 0 spiro atoms. The molecule has 41 heavy (non-hydrogen) atoms. The molecule has 0 saturated heterocycles. The van der Waals surface area contributed by atoms with Gasteiger partial charge in [-0.2, -0.15) is 0 Å². The number of unbranched alkanes of at least 4 members (excludes halogenated alkanes) is 5. The molecule has 5 aromatic rings. The standard InChI is InChI=1S/C36H33F2N2.Ir/c1-2-3-4-5-6-9-14-26-24-39-36(40-25-26)32-19-20-33(37)34(35(32)38)31-22-29(27-15-10-7-11-16-27)21-30(23-31)28-17-12-8-13-18-28;/h7-8,10-13,15-18,20-25H,2-6,9,14H2,1H3;/q-1;. The first kappa shape index (κ1) is 30.4. The van der Waals surface area contributed by atoms with Gasteiger partial charge >= 0.3 is 0 Å². The zero-order valence-electron chi connectivity index (χ0n) is 23.2. The second-order valence-corrected chi connectivity index (χ2v) is 10.2. The zero-order chi connectivity index (χ0) is 27.7. The summed E-state index contributed by atoms with van der Waals surface area (Å²) in [5, 5.41) is 0. The fraction of sp³-hybridized carbons (Fsp3) is 0.222. The van der Waals surface area contributed by atoms with Crippen LogP contribution in [0.1, 0.15) is 51.0 Å². The van der Waals surface area contributed by atoms with E-state index in [-0.39, 0.29) is 37.1 Å². The van der Waals surface area contributed by atoms with Gasteiger partial charge in [0.2, 0.25) is 0 Å². The van der Waals surface area contributed by atoms with E-state index in [4.69, 9.17) is 0 Å². The first-order valence-corrected chi connectivity index (χ1v) is 14.1. The number of nitrogens with zero attached hydrogens (tertiary/aromatic N) is 2. The molecule has 0 saturated carbocycles. The number of aryl methyl sites for hydroxylation is 1. The van der Waals surface area contributed by atoms with E-state index in [1.165, 1.54) is 38.2 Å². The van der Waals surface area contributed by atoms with Gasteiger partial charge in [0.05, 0.1) is 11.6 Å². The van der Waals surface area contributed by atoms with Crippen LogP contribution in [-0.2, 0) is 26.5 Å². The third kappa shape index (κ3) is 7.61. The molecule has 1 radical (unpaired) electrons. The summed E-state index contributed by atoms with van der Waals surface area (Å²) in [4.78, 5) is 8.86. The van der Waals surface area contributed by atoms with E-state index in [1.807, 2.05) is 78.9 Å². The molecule has 0 aliphatic heterocycles. The minimum absolute atomic E-state index is 0. The van der Waals surface area contributed by atoms with Crippen LogP contribution in [0.25, 0.3) is 44.8 Å². The summed E-state index contributed by atoms with van der Waals surface area (Å²) in [5.41, 5.74) is 5.11. The Morgan fingerprint density at radius 2 is 1.20 bits per heavy atom. The van der Waals surface area contributed by atoms with Gasteiger partial charge in [-0.3, -0.25) is 18.7 Å². The Morgan fingerprint density at radius 3 is 1.78 bits per heavy atom. The van der Waals surface area contributed by atoms with E-state index in [9.17, 15) is 0 Å². The average Bonchev–Trinajstić information content (AvgIpc) is 3.00. The normalized spacial score (nSPS) is 10.8. The summed E-state index contributed by atoms with van der Waals surface area (Å²) in [6, 6.07) is 29.3. The molecule has 0 unspecified atom stereocenters. The van der Waals surface area contributed by atoms with Crippen molar-refractivity contribution < 1.29 is 28.9 Å². The number of aromatic nitrogens is 2. The summed E-state index contributed by atoms with van der Waals surface area (Å²) >= 11 is 0. The molecule has 5 rings (SSSR count). The predicted molar refractivity (Wildman–Crippen MR) is 160 cm³/mol. The zero-order valence-corrected chi connectivity index (χ0v) is 25.6. The van der Waals surface area contributed by atoms with Gasteiger partial charge in [0, 0.05) is 38.3 Å². The quantitative estimate of drug-likeness (QED) is 0.100. The molecule has 1 aromatic heterocycles. The van der Waals surface area contributed by atoms with Crippen LogP contribution in [0.2, 0.25) is 0 Å². The van der Waals surface area contributed by atoms with E-state index in [1.54, 1.807) is 12.4 Å². The van der Waals surface area contributed by atoms with E-state index >= 15 is 8.78 Å². The van der Waals surface area contributed by atoms with Gasteiger partial charge in [0.15, 0.2) is 0 Å². The first-order valence-electron chi connectivity index (χ1n) is 14.1. The van der Waals surface area contributed by atoms with Crippen molar-refractivity contribution in [3.63, 3.8) is 0 Å². The van der Waals surface area contributed by atoms with Crippen LogP contribution >= 0.6 is 0 Å². The van der Waals surface area contributed by atoms with Gasteiger partial charge < -0.3 is 0 Å². The molecule has 0 fully saturated rings. The smallest absolute Gasteiger partial charge is 0.0776 e. The predicted octanol–water partition coefficient (Wildman–Crippen LogP) is 10.1. The second kappa shape index (κ2) is 14.9. The molecule has 2 nitrogen and oxygen atoms in total. The maximum absolute atomic E-state index is 16.1. The second-order valence-electron chi connectivity index (χ2n) is 10.2. The Balaban J connectivity index is 0.00000387. The molecule has 211 valence electrons. The van der Waals surface area contributed by atoms with Crippen molar-refractivity contribution in [1.29, 1.82) is 0 Å². The third-order valence-electron chi connectivity index (χ3n) is 7.20. The van der Waals surface area contributed by atoms with Crippen LogP contribution in [-0.4, -0.2) is 9.97 Å². The van der Waals surface area contributed by atoms with Gasteiger partial charge in [-0.15, -0.1) is 12.1 Å². The minimum Gasteiger partial charge on any atom is -0.285 e. The maximum Gasteiger partial charge on any atom is 0.0776 e. The third-order valence-corrected chi connectivity index (χ3v) is 7.20. The SMILES string of the molecule is CCCCCCCCc1cnc(-c2[c-]cc(F)c(-c3cc(-c4ccccc4)cc(-c4ccccc4)c3)c2F)nc1.[Ir]. The molecule has 0 bridgehead atoms. The molecular formula is C36H33F2IrN2-. The summed E-state index contributed by atoms with van der Waals surface area (Å²) in [7, 11) is 0. The van der Waals surface area contributed by atoms with Crippen molar-refractivity contribution >= 4 is 0 Å². The summed E-state index contributed by atoms with van der Waals surface area (Å²) in [6.45, 7) is 2.22. The van der Waals surface area contributed by atoms with Gasteiger partial charge in [-0.1, -0.05) is 105 Å². The number of hydrogen-bond donors (Lipinski definition) is 0. The van der Waals surface area contributed by atoms with Gasteiger partial charge in [-0.25, -0.2) is 0 Å². The number of hydrogen-bond acceptors (Lipinski definition) is 2. The summed E-state index contributed by atoms with van der Waals surface area (Å²) in [6.07, 6.45) is 11.7. The molecule has 0 aliphatic carbocycles. The van der Waals surface area contributed by atoms with Crippen molar-refractivity contribution in [2.75, 3.05) is 0 Å². The number of benzene rings is 4. The largest absolute Gasteiger partial charge is 0.285 e. The van der Waals surface area contributed by atoms with E-state index < -0.39 is 11.6 Å². The Kier molecular flexibility index (Phi) is 11.1. The van der Waals surface area contributed by atoms with Crippen LogP contribution in [0.15, 0.2) is 97.3 Å². The van der Waals surface area contributed by atoms with Crippen molar-refractivity contribution in [2.24, 2.45) is 0 Å². The van der Waals surface area contributed by atoms with Crippen LogP contribution in [0, 0.1) is 17.7 Å². The maximum atomic E-state index is 16.1. The van der Waals surface area contributed by atoms with E-state index in [2.05, 4.69) is 23.0 Å². The van der Waals surface area contributed by atoms with Crippen LogP contribution < -0.4 is 0 Å². The monoisotopic (exact) mass is 724 g/mol. The van der Waals surface area contributed by atoms with E-state index in [0.717, 1.165) is 40.7 Å². The minimum atomic E-state index is -0.715. The van der Waals surface area contributed by atoms with Crippen molar-refractivity contribution in [1.82, 2.24) is 9.97 Å². The first-order chi connectivity index (χ1) is 19.6. The summed E-state index contributed by atoms with van der Waals surface area (Å²) in [5.74, 6) is -1.19. The van der Waals surface area contributed by atoms with Crippen LogP contribution in [0.5, 0.6) is 0 Å². The van der Waals surface area contributed by atoms with Gasteiger partial charge in [0.25, 0.3) is 0 Å². The molecule has 0 atom stereocenters. The molecule has 0 aliphatic rings. The Bertz CT molecular complexity index is 1480. The molecule has 1 heterocycles. The van der Waals surface area contributed by atoms with Crippen molar-refractivity contribution in [3.8, 4) is 44.8 Å². The number of halogens is 2. The van der Waals surface area contributed by atoms with Crippen molar-refractivity contribution in [2.45, 2.75) is 51.9 Å².